The molecule has 0 saturated carbocycles. The molecular formula is C13H21N3O3. The molecule has 0 aliphatic carbocycles. The van der Waals surface area contributed by atoms with E-state index in [0.717, 1.165) is 19.4 Å². The van der Waals surface area contributed by atoms with E-state index in [0.29, 0.717) is 18.7 Å². The normalized spacial score (nSPS) is 20.3. The number of likely N-dealkylation sites (tertiary alicyclic amines) is 1. The maximum atomic E-state index is 12.4. The van der Waals surface area contributed by atoms with Crippen LogP contribution in [0.3, 0.4) is 0 Å². The molecule has 0 unspecified atom stereocenters. The number of hydrogen-bond acceptors (Lipinski definition) is 4. The van der Waals surface area contributed by atoms with Gasteiger partial charge in [-0.1, -0.05) is 6.92 Å². The number of piperidine rings is 1. The topological polar surface area (TPSA) is 68.3 Å². The van der Waals surface area contributed by atoms with E-state index < -0.39 is 11.8 Å². The zero-order chi connectivity index (χ0) is 14.0. The lowest BCUT2D eigenvalue weighted by atomic mass is 10.0. The van der Waals surface area contributed by atoms with E-state index in [4.69, 9.17) is 4.42 Å². The average molecular weight is 267 g/mol. The van der Waals surface area contributed by atoms with Crippen molar-refractivity contribution in [1.29, 1.82) is 0 Å². The summed E-state index contributed by atoms with van der Waals surface area (Å²) in [6, 6.07) is -0.356. The maximum absolute atomic E-state index is 12.4. The molecule has 1 aromatic heterocycles. The van der Waals surface area contributed by atoms with Gasteiger partial charge in [-0.2, -0.15) is 4.68 Å². The number of aryl methyl sites for hydroxylation is 1. The van der Waals surface area contributed by atoms with Gasteiger partial charge in [0, 0.05) is 19.0 Å². The molecular weight excluding hydrogens is 246 g/mol. The Kier molecular flexibility index (Phi) is 4.07. The fraction of sp³-hybridized carbons (Fsp3) is 0.769. The summed E-state index contributed by atoms with van der Waals surface area (Å²) >= 11 is 0. The lowest BCUT2D eigenvalue weighted by Gasteiger charge is -2.34. The van der Waals surface area contributed by atoms with Crippen LogP contribution in [0.4, 0.5) is 0 Å². The molecule has 6 nitrogen and oxygen atoms in total. The van der Waals surface area contributed by atoms with Gasteiger partial charge in [-0.05, 0) is 33.1 Å². The van der Waals surface area contributed by atoms with Gasteiger partial charge in [0.05, 0.1) is 0 Å². The Morgan fingerprint density at radius 3 is 2.79 bits per heavy atom. The van der Waals surface area contributed by atoms with Crippen LogP contribution in [0, 0.1) is 0 Å². The minimum Gasteiger partial charge on any atom is -0.392 e. The lowest BCUT2D eigenvalue weighted by Crippen LogP contribution is -2.47. The largest absolute Gasteiger partial charge is 0.437 e. The van der Waals surface area contributed by atoms with Crippen LogP contribution in [0.15, 0.2) is 9.21 Å². The highest BCUT2D eigenvalue weighted by atomic mass is 16.4. The highest BCUT2D eigenvalue weighted by molar-refractivity contribution is 5.81. The van der Waals surface area contributed by atoms with Crippen molar-refractivity contribution in [2.75, 3.05) is 6.54 Å². The van der Waals surface area contributed by atoms with Crippen LogP contribution in [0.2, 0.25) is 0 Å². The molecule has 1 aliphatic heterocycles. The molecule has 1 aliphatic rings. The summed E-state index contributed by atoms with van der Waals surface area (Å²) in [6.45, 7) is 6.70. The second-order valence-electron chi connectivity index (χ2n) is 5.24. The minimum absolute atomic E-state index is 0.0281. The number of amides is 1. The molecule has 0 aromatic carbocycles. The van der Waals surface area contributed by atoms with E-state index in [-0.39, 0.29) is 11.9 Å². The second kappa shape index (κ2) is 5.59. The van der Waals surface area contributed by atoms with E-state index in [1.165, 1.54) is 4.68 Å². The number of carbonyl (C=O) groups excluding carboxylic acids is 1. The van der Waals surface area contributed by atoms with Gasteiger partial charge in [0.1, 0.15) is 6.04 Å². The molecule has 1 atom stereocenters. The van der Waals surface area contributed by atoms with Crippen LogP contribution < -0.4 is 5.76 Å². The van der Waals surface area contributed by atoms with Gasteiger partial charge in [-0.25, -0.2) is 4.79 Å². The fourth-order valence-corrected chi connectivity index (χ4v) is 2.46. The molecule has 0 bridgehead atoms. The number of aromatic nitrogens is 2. The Morgan fingerprint density at radius 1 is 1.42 bits per heavy atom. The third kappa shape index (κ3) is 2.72. The molecule has 19 heavy (non-hydrogen) atoms. The molecule has 0 N–H and O–H groups in total. The number of carbonyl (C=O) groups is 1. The van der Waals surface area contributed by atoms with E-state index in [9.17, 15) is 9.59 Å². The van der Waals surface area contributed by atoms with Crippen molar-refractivity contribution < 1.29 is 9.21 Å². The van der Waals surface area contributed by atoms with Crippen molar-refractivity contribution in [2.24, 2.45) is 0 Å². The molecule has 6 heteroatoms. The average Bonchev–Trinajstić information content (AvgIpc) is 2.70. The first kappa shape index (κ1) is 13.8. The highest BCUT2D eigenvalue weighted by Crippen LogP contribution is 2.22. The van der Waals surface area contributed by atoms with E-state index in [1.807, 2.05) is 20.8 Å². The molecule has 1 fully saturated rings. The predicted octanol–water partition coefficient (Wildman–Crippen LogP) is 1.36. The number of hydrogen-bond donors (Lipinski definition) is 0. The van der Waals surface area contributed by atoms with Crippen molar-refractivity contribution in [3.8, 4) is 0 Å². The third-order valence-corrected chi connectivity index (χ3v) is 3.44. The molecule has 1 saturated heterocycles. The van der Waals surface area contributed by atoms with Crippen LogP contribution in [-0.4, -0.2) is 33.2 Å². The minimum atomic E-state index is -0.521. The van der Waals surface area contributed by atoms with Crippen molar-refractivity contribution in [3.05, 3.63) is 16.4 Å². The maximum Gasteiger partial charge on any atom is 0.437 e. The first-order valence-electron chi connectivity index (χ1n) is 6.93. The highest BCUT2D eigenvalue weighted by Gasteiger charge is 2.33. The van der Waals surface area contributed by atoms with E-state index >= 15 is 0 Å². The summed E-state index contributed by atoms with van der Waals surface area (Å²) in [6.07, 6.45) is 3.02. The zero-order valence-electron chi connectivity index (χ0n) is 11.8. The summed E-state index contributed by atoms with van der Waals surface area (Å²) in [7, 11) is 0. The van der Waals surface area contributed by atoms with E-state index in [1.54, 1.807) is 4.90 Å². The first-order chi connectivity index (χ1) is 9.04. The molecule has 2 heterocycles. The van der Waals surface area contributed by atoms with Crippen LogP contribution >= 0.6 is 0 Å². The summed E-state index contributed by atoms with van der Waals surface area (Å²) in [5, 5.41) is 4.16. The SMILES string of the molecule is CCCc1nn([C@@H]2CCCN(C(C)C)C2=O)c(=O)o1. The molecule has 0 radical (unpaired) electrons. The second-order valence-corrected chi connectivity index (χ2v) is 5.24. The van der Waals surface area contributed by atoms with Crippen molar-refractivity contribution in [1.82, 2.24) is 14.7 Å². The van der Waals surface area contributed by atoms with Crippen LogP contribution in [0.5, 0.6) is 0 Å². The van der Waals surface area contributed by atoms with Gasteiger partial charge in [-0.15, -0.1) is 5.10 Å². The Balaban J connectivity index is 2.25. The van der Waals surface area contributed by atoms with Crippen molar-refractivity contribution in [2.45, 2.75) is 58.5 Å². The Morgan fingerprint density at radius 2 is 2.16 bits per heavy atom. The summed E-state index contributed by atoms with van der Waals surface area (Å²) in [5.74, 6) is -0.130. The molecule has 106 valence electrons. The smallest absolute Gasteiger partial charge is 0.392 e. The number of nitrogens with zero attached hydrogens (tertiary/aromatic N) is 3. The standard InChI is InChI=1S/C13H21N3O3/c1-4-6-11-14-16(13(18)19-11)10-7-5-8-15(9(2)3)12(10)17/h9-10H,4-8H2,1-3H3/t10-/m1/s1. The summed E-state index contributed by atoms with van der Waals surface area (Å²) < 4.78 is 6.30. The lowest BCUT2D eigenvalue weighted by molar-refractivity contribution is -0.139. The Hall–Kier alpha value is -1.59. The van der Waals surface area contributed by atoms with Gasteiger partial charge < -0.3 is 9.32 Å². The van der Waals surface area contributed by atoms with Gasteiger partial charge in [0.25, 0.3) is 0 Å². The third-order valence-electron chi connectivity index (χ3n) is 3.44. The molecule has 0 spiro atoms. The summed E-state index contributed by atoms with van der Waals surface area (Å²) in [4.78, 5) is 26.0. The van der Waals surface area contributed by atoms with E-state index in [2.05, 4.69) is 5.10 Å². The number of rotatable bonds is 4. The van der Waals surface area contributed by atoms with Crippen LogP contribution in [0.25, 0.3) is 0 Å². The molecule has 1 amide bonds. The fourth-order valence-electron chi connectivity index (χ4n) is 2.46. The van der Waals surface area contributed by atoms with Crippen molar-refractivity contribution in [3.63, 3.8) is 0 Å². The monoisotopic (exact) mass is 267 g/mol. The predicted molar refractivity (Wildman–Crippen MR) is 69.9 cm³/mol. The van der Waals surface area contributed by atoms with Gasteiger partial charge >= 0.3 is 5.76 Å². The Bertz CT molecular complexity index is 503. The first-order valence-corrected chi connectivity index (χ1v) is 6.93. The molecule has 2 rings (SSSR count). The quantitative estimate of drug-likeness (QED) is 0.826. The molecule has 1 aromatic rings. The van der Waals surface area contributed by atoms with Crippen LogP contribution in [-0.2, 0) is 11.2 Å². The van der Waals surface area contributed by atoms with Gasteiger partial charge in [0.15, 0.2) is 0 Å². The van der Waals surface area contributed by atoms with Gasteiger partial charge in [-0.3, -0.25) is 4.79 Å². The van der Waals surface area contributed by atoms with Crippen molar-refractivity contribution >= 4 is 5.91 Å². The Labute approximate surface area is 112 Å². The van der Waals surface area contributed by atoms with Crippen LogP contribution in [0.1, 0.15) is 52.0 Å². The zero-order valence-corrected chi connectivity index (χ0v) is 11.8. The van der Waals surface area contributed by atoms with Gasteiger partial charge in [0.2, 0.25) is 11.8 Å². The summed E-state index contributed by atoms with van der Waals surface area (Å²) in [5.41, 5.74) is 0.